The number of aryl methyl sites for hydroxylation is 2. The van der Waals surface area contributed by atoms with Crippen molar-refractivity contribution < 1.29 is 9.59 Å². The third kappa shape index (κ3) is 2.69. The second kappa shape index (κ2) is 5.87. The van der Waals surface area contributed by atoms with E-state index in [0.29, 0.717) is 12.1 Å². The number of H-pyrrole nitrogens is 1. The summed E-state index contributed by atoms with van der Waals surface area (Å²) in [7, 11) is 0. The van der Waals surface area contributed by atoms with E-state index in [0.717, 1.165) is 38.9 Å². The van der Waals surface area contributed by atoms with E-state index in [1.165, 1.54) is 5.56 Å². The van der Waals surface area contributed by atoms with Crippen molar-refractivity contribution in [3.05, 3.63) is 49.8 Å². The minimum Gasteiger partial charge on any atom is -0.354 e. The minimum absolute atomic E-state index is 0.138. The van der Waals surface area contributed by atoms with E-state index >= 15 is 0 Å². The van der Waals surface area contributed by atoms with Crippen molar-refractivity contribution in [1.82, 2.24) is 4.98 Å². The Bertz CT molecular complexity index is 777. The first-order valence-corrected chi connectivity index (χ1v) is 8.37. The fraction of sp³-hybridized carbons (Fsp3) is 0.294. The molecule has 1 aliphatic rings. The summed E-state index contributed by atoms with van der Waals surface area (Å²) in [5.41, 5.74) is 4.82. The Kier molecular flexibility index (Phi) is 4.08. The molecule has 0 radical (unpaired) electrons. The Morgan fingerprint density at radius 3 is 2.73 bits per heavy atom. The van der Waals surface area contributed by atoms with E-state index in [-0.39, 0.29) is 11.7 Å². The van der Waals surface area contributed by atoms with Crippen LogP contribution in [0.15, 0.2) is 18.2 Å². The number of hydrogen-bond acceptors (Lipinski definition) is 2. The van der Waals surface area contributed by atoms with Crippen LogP contribution in [0.4, 0.5) is 5.69 Å². The van der Waals surface area contributed by atoms with E-state index in [1.807, 2.05) is 32.0 Å². The molecule has 0 fully saturated rings. The zero-order valence-electron chi connectivity index (χ0n) is 12.5. The fourth-order valence-electron chi connectivity index (χ4n) is 2.87. The average molecular weight is 408 g/mol. The van der Waals surface area contributed by atoms with E-state index in [1.54, 1.807) is 0 Å². The molecule has 1 heterocycles. The van der Waals surface area contributed by atoms with E-state index < -0.39 is 0 Å². The van der Waals surface area contributed by atoms with Gasteiger partial charge in [0.05, 0.1) is 0 Å². The van der Waals surface area contributed by atoms with Crippen LogP contribution in [0.3, 0.4) is 0 Å². The van der Waals surface area contributed by atoms with Gasteiger partial charge in [0, 0.05) is 26.9 Å². The second-order valence-corrected chi connectivity index (χ2v) is 6.84. The highest BCUT2D eigenvalue weighted by Crippen LogP contribution is 2.27. The van der Waals surface area contributed by atoms with Gasteiger partial charge < -0.3 is 10.3 Å². The number of rotatable bonds is 2. The predicted molar refractivity (Wildman–Crippen MR) is 94.6 cm³/mol. The van der Waals surface area contributed by atoms with Crippen LogP contribution in [0.2, 0.25) is 0 Å². The molecular weight excluding hydrogens is 391 g/mol. The Labute approximate surface area is 142 Å². The number of carbonyl (C=O) groups excluding carboxylic acids is 2. The van der Waals surface area contributed by atoms with Crippen molar-refractivity contribution in [2.75, 3.05) is 5.32 Å². The quantitative estimate of drug-likeness (QED) is 0.738. The van der Waals surface area contributed by atoms with Gasteiger partial charge in [0.15, 0.2) is 5.78 Å². The summed E-state index contributed by atoms with van der Waals surface area (Å²) in [4.78, 5) is 27.7. The smallest absolute Gasteiger partial charge is 0.272 e. The molecule has 114 valence electrons. The Hall–Kier alpha value is -1.63. The molecular formula is C17H17IN2O2. The number of fused-ring (bicyclic) bond motifs is 1. The zero-order chi connectivity index (χ0) is 15.9. The number of aromatic amines is 1. The number of halogens is 1. The Balaban J connectivity index is 1.89. The number of aromatic nitrogens is 1. The normalized spacial score (nSPS) is 13.9. The van der Waals surface area contributed by atoms with Gasteiger partial charge in [-0.25, -0.2) is 0 Å². The lowest BCUT2D eigenvalue weighted by atomic mass is 9.94. The molecule has 1 aromatic carbocycles. The van der Waals surface area contributed by atoms with Crippen LogP contribution in [0, 0.1) is 17.4 Å². The van der Waals surface area contributed by atoms with Crippen LogP contribution < -0.4 is 5.32 Å². The van der Waals surface area contributed by atoms with Gasteiger partial charge in [-0.15, -0.1) is 0 Å². The fourth-order valence-corrected chi connectivity index (χ4v) is 3.38. The van der Waals surface area contributed by atoms with E-state index in [4.69, 9.17) is 0 Å². The Morgan fingerprint density at radius 2 is 2.05 bits per heavy atom. The van der Waals surface area contributed by atoms with E-state index in [9.17, 15) is 9.59 Å². The predicted octanol–water partition coefficient (Wildman–Crippen LogP) is 4.01. The molecule has 2 aromatic rings. The molecule has 0 spiro atoms. The number of Topliss-reactive ketones (excluding diaryl/α,β-unsaturated/α-hetero) is 1. The summed E-state index contributed by atoms with van der Waals surface area (Å²) in [5, 5.41) is 2.90. The first kappa shape index (κ1) is 15.3. The lowest BCUT2D eigenvalue weighted by Crippen LogP contribution is -2.14. The summed E-state index contributed by atoms with van der Waals surface area (Å²) in [6.07, 6.45) is 2.25. The molecule has 0 saturated heterocycles. The zero-order valence-corrected chi connectivity index (χ0v) is 14.7. The number of ketones is 1. The summed E-state index contributed by atoms with van der Waals surface area (Å²) >= 11 is 2.25. The van der Waals surface area contributed by atoms with Crippen LogP contribution in [0.25, 0.3) is 0 Å². The first-order chi connectivity index (χ1) is 10.5. The van der Waals surface area contributed by atoms with Crippen molar-refractivity contribution >= 4 is 40.0 Å². The third-order valence-corrected chi connectivity index (χ3v) is 5.26. The third-order valence-electron chi connectivity index (χ3n) is 4.09. The molecule has 4 nitrogen and oxygen atoms in total. The van der Waals surface area contributed by atoms with Gasteiger partial charge in [-0.05, 0) is 72.5 Å². The largest absolute Gasteiger partial charge is 0.354 e. The average Bonchev–Trinajstić information content (AvgIpc) is 2.81. The molecule has 5 heteroatoms. The molecule has 1 aliphatic carbocycles. The molecule has 1 aromatic heterocycles. The summed E-state index contributed by atoms with van der Waals surface area (Å²) in [5.74, 6) is -0.0571. The summed E-state index contributed by atoms with van der Waals surface area (Å²) < 4.78 is 1.10. The van der Waals surface area contributed by atoms with Crippen LogP contribution >= 0.6 is 22.6 Å². The van der Waals surface area contributed by atoms with Crippen LogP contribution in [-0.2, 0) is 6.42 Å². The Morgan fingerprint density at radius 1 is 1.27 bits per heavy atom. The highest BCUT2D eigenvalue weighted by Gasteiger charge is 2.26. The van der Waals surface area contributed by atoms with Crippen molar-refractivity contribution in [3.8, 4) is 0 Å². The van der Waals surface area contributed by atoms with Crippen LogP contribution in [0.5, 0.6) is 0 Å². The highest BCUT2D eigenvalue weighted by atomic mass is 127. The molecule has 0 unspecified atom stereocenters. The van der Waals surface area contributed by atoms with Crippen LogP contribution in [-0.4, -0.2) is 16.7 Å². The van der Waals surface area contributed by atoms with Gasteiger partial charge in [-0.1, -0.05) is 6.07 Å². The maximum Gasteiger partial charge on any atom is 0.272 e. The van der Waals surface area contributed by atoms with Gasteiger partial charge in [0.2, 0.25) is 0 Å². The van der Waals surface area contributed by atoms with Gasteiger partial charge in [0.1, 0.15) is 5.69 Å². The highest BCUT2D eigenvalue weighted by molar-refractivity contribution is 14.1. The second-order valence-electron chi connectivity index (χ2n) is 5.67. The lowest BCUT2D eigenvalue weighted by Gasteiger charge is -2.09. The number of carbonyl (C=O) groups is 2. The van der Waals surface area contributed by atoms with Crippen molar-refractivity contribution in [1.29, 1.82) is 0 Å². The lowest BCUT2D eigenvalue weighted by molar-refractivity contribution is 0.0971. The molecule has 0 saturated carbocycles. The molecule has 1 amide bonds. The van der Waals surface area contributed by atoms with Crippen molar-refractivity contribution in [3.63, 3.8) is 0 Å². The summed E-state index contributed by atoms with van der Waals surface area (Å²) in [6.45, 7) is 3.87. The van der Waals surface area contributed by atoms with Gasteiger partial charge in [-0.2, -0.15) is 0 Å². The maximum absolute atomic E-state index is 12.5. The van der Waals surface area contributed by atoms with Crippen molar-refractivity contribution in [2.45, 2.75) is 33.1 Å². The molecule has 3 rings (SSSR count). The molecule has 0 bridgehead atoms. The monoisotopic (exact) mass is 408 g/mol. The molecule has 2 N–H and O–H groups in total. The molecule has 0 aliphatic heterocycles. The number of amides is 1. The molecule has 22 heavy (non-hydrogen) atoms. The standard InChI is InChI=1S/C17H17IN2O2/c1-9-6-7-11(8-12(9)18)19-17(22)16-10(2)15-13(20-16)4-3-5-14(15)21/h6-8,20H,3-5H2,1-2H3,(H,19,22). The minimum atomic E-state index is -0.195. The van der Waals surface area contributed by atoms with Gasteiger partial charge >= 0.3 is 0 Å². The van der Waals surface area contributed by atoms with Gasteiger partial charge in [0.25, 0.3) is 5.91 Å². The van der Waals surface area contributed by atoms with E-state index in [2.05, 4.69) is 32.9 Å². The number of anilines is 1. The summed E-state index contributed by atoms with van der Waals surface area (Å²) in [6, 6.07) is 5.81. The van der Waals surface area contributed by atoms with Gasteiger partial charge in [-0.3, -0.25) is 9.59 Å². The van der Waals surface area contributed by atoms with Crippen LogP contribution in [0.1, 0.15) is 50.5 Å². The number of hydrogen-bond donors (Lipinski definition) is 2. The SMILES string of the molecule is Cc1ccc(NC(=O)c2[nH]c3c(c2C)C(=O)CCC3)cc1I. The number of nitrogens with one attached hydrogen (secondary N) is 2. The maximum atomic E-state index is 12.5. The topological polar surface area (TPSA) is 62.0 Å². The first-order valence-electron chi connectivity index (χ1n) is 7.29. The molecule has 0 atom stereocenters. The number of benzene rings is 1. The van der Waals surface area contributed by atoms with Crippen molar-refractivity contribution in [2.24, 2.45) is 0 Å².